The second-order valence-electron chi connectivity index (χ2n) is 6.45. The highest BCUT2D eigenvalue weighted by Crippen LogP contribution is 2.34. The van der Waals surface area contributed by atoms with E-state index in [-0.39, 0.29) is 23.9 Å². The minimum Gasteiger partial charge on any atom is -0.322 e. The molecule has 2 rings (SSSR count). The molecule has 0 saturated heterocycles. The van der Waals surface area contributed by atoms with Crippen LogP contribution in [-0.4, -0.2) is 23.0 Å². The summed E-state index contributed by atoms with van der Waals surface area (Å²) in [5.74, 6) is 7.44. The molecule has 0 aromatic rings. The number of allylic oxidation sites excluding steroid dienone is 2. The fraction of sp³-hybridized carbons (Fsp3) is 0.688. The summed E-state index contributed by atoms with van der Waals surface area (Å²) in [6.07, 6.45) is 11.9. The summed E-state index contributed by atoms with van der Waals surface area (Å²) in [5, 5.41) is 1.36. The molecule has 0 aromatic carbocycles. The van der Waals surface area contributed by atoms with Crippen LogP contribution < -0.4 is 11.6 Å². The van der Waals surface area contributed by atoms with Crippen molar-refractivity contribution in [1.82, 2.24) is 5.01 Å². The summed E-state index contributed by atoms with van der Waals surface area (Å²) in [7, 11) is 0. The van der Waals surface area contributed by atoms with Crippen LogP contribution in [0.15, 0.2) is 24.3 Å². The largest absolute Gasteiger partial charge is 0.322 e. The highest BCUT2D eigenvalue weighted by molar-refractivity contribution is 5.79. The number of hydrogen-bond donors (Lipinski definition) is 2. The smallest absolute Gasteiger partial charge is 0.240 e. The van der Waals surface area contributed by atoms with Crippen molar-refractivity contribution in [3.8, 4) is 0 Å². The van der Waals surface area contributed by atoms with Gasteiger partial charge in [-0.15, -0.1) is 0 Å². The lowest BCUT2D eigenvalue weighted by molar-refractivity contribution is -0.139. The van der Waals surface area contributed by atoms with E-state index in [9.17, 15) is 4.79 Å². The van der Waals surface area contributed by atoms with Crippen molar-refractivity contribution in [2.45, 2.75) is 51.6 Å². The van der Waals surface area contributed by atoms with Crippen LogP contribution in [0.4, 0.5) is 0 Å². The first-order valence-electron chi connectivity index (χ1n) is 7.69. The van der Waals surface area contributed by atoms with Crippen molar-refractivity contribution < 1.29 is 4.79 Å². The second kappa shape index (κ2) is 6.55. The molecule has 1 saturated carbocycles. The highest BCUT2D eigenvalue weighted by Gasteiger charge is 2.33. The summed E-state index contributed by atoms with van der Waals surface area (Å²) in [6, 6.07) is -0.426. The summed E-state index contributed by atoms with van der Waals surface area (Å²) in [6.45, 7) is 4.48. The first-order valence-corrected chi connectivity index (χ1v) is 7.69. The van der Waals surface area contributed by atoms with Gasteiger partial charge in [0.15, 0.2) is 0 Å². The van der Waals surface area contributed by atoms with Gasteiger partial charge in [-0.2, -0.15) is 0 Å². The van der Waals surface area contributed by atoms with Gasteiger partial charge in [0.05, 0.1) is 6.04 Å². The average molecular weight is 277 g/mol. The zero-order valence-corrected chi connectivity index (χ0v) is 12.5. The molecule has 0 heterocycles. The predicted molar refractivity (Wildman–Crippen MR) is 81.4 cm³/mol. The van der Waals surface area contributed by atoms with Crippen LogP contribution in [0.25, 0.3) is 0 Å². The third kappa shape index (κ3) is 3.30. The molecule has 4 atom stereocenters. The van der Waals surface area contributed by atoms with Gasteiger partial charge in [0.1, 0.15) is 0 Å². The van der Waals surface area contributed by atoms with Crippen LogP contribution in [0.1, 0.15) is 39.5 Å². The Morgan fingerprint density at radius 1 is 1.25 bits per heavy atom. The number of carbonyl (C=O) groups excluding carboxylic acids is 1. The molecule has 4 unspecified atom stereocenters. The van der Waals surface area contributed by atoms with Crippen molar-refractivity contribution in [2.24, 2.45) is 29.3 Å². The number of hydrogen-bond acceptors (Lipinski definition) is 3. The van der Waals surface area contributed by atoms with Crippen LogP contribution in [0, 0.1) is 17.8 Å². The molecule has 0 radical (unpaired) electrons. The molecule has 2 aliphatic rings. The van der Waals surface area contributed by atoms with Crippen LogP contribution >= 0.6 is 0 Å². The number of rotatable bonds is 3. The quantitative estimate of drug-likeness (QED) is 0.470. The van der Waals surface area contributed by atoms with E-state index in [1.54, 1.807) is 0 Å². The van der Waals surface area contributed by atoms with Crippen molar-refractivity contribution in [1.29, 1.82) is 0 Å². The van der Waals surface area contributed by atoms with Gasteiger partial charge in [-0.05, 0) is 24.7 Å². The molecule has 0 bridgehead atoms. The summed E-state index contributed by atoms with van der Waals surface area (Å²) in [4.78, 5) is 12.6. The first kappa shape index (κ1) is 15.3. The van der Waals surface area contributed by atoms with Crippen molar-refractivity contribution >= 4 is 5.91 Å². The lowest BCUT2D eigenvalue weighted by atomic mass is 9.75. The summed E-state index contributed by atoms with van der Waals surface area (Å²) < 4.78 is 0. The van der Waals surface area contributed by atoms with E-state index in [1.165, 1.54) is 11.4 Å². The molecule has 2 aliphatic carbocycles. The van der Waals surface area contributed by atoms with Gasteiger partial charge in [0.25, 0.3) is 0 Å². The van der Waals surface area contributed by atoms with Gasteiger partial charge in [-0.1, -0.05) is 51.0 Å². The second-order valence-corrected chi connectivity index (χ2v) is 6.45. The Bertz CT molecular complexity index is 403. The van der Waals surface area contributed by atoms with Gasteiger partial charge < -0.3 is 5.73 Å². The van der Waals surface area contributed by atoms with Crippen LogP contribution in [0.5, 0.6) is 0 Å². The molecule has 4 N–H and O–H groups in total. The molecule has 4 heteroatoms. The molecular weight excluding hydrogens is 250 g/mol. The Balaban J connectivity index is 1.99. The zero-order chi connectivity index (χ0) is 14.7. The topological polar surface area (TPSA) is 72.3 Å². The van der Waals surface area contributed by atoms with E-state index in [1.807, 2.05) is 24.3 Å². The Hall–Kier alpha value is -1.13. The number of nitrogens with two attached hydrogens (primary N) is 2. The molecule has 1 amide bonds. The van der Waals surface area contributed by atoms with Crippen molar-refractivity contribution in [3.63, 3.8) is 0 Å². The molecule has 1 fully saturated rings. The zero-order valence-electron chi connectivity index (χ0n) is 12.5. The van der Waals surface area contributed by atoms with Crippen molar-refractivity contribution in [2.75, 3.05) is 0 Å². The molecule has 0 spiro atoms. The SMILES string of the molecule is CC(C)C1CCCC(C(=O)N(N)C2C=CC=CC2N)C1. The van der Waals surface area contributed by atoms with Gasteiger partial charge >= 0.3 is 0 Å². The summed E-state index contributed by atoms with van der Waals surface area (Å²) >= 11 is 0. The average Bonchev–Trinajstić information content (AvgIpc) is 2.46. The maximum absolute atomic E-state index is 12.6. The Morgan fingerprint density at radius 2 is 1.95 bits per heavy atom. The van der Waals surface area contributed by atoms with Gasteiger partial charge in [0, 0.05) is 12.0 Å². The standard InChI is InChI=1S/C16H27N3O/c1-11(2)12-6-5-7-13(10-12)16(20)19(18)15-9-4-3-8-14(15)17/h3-4,8-9,11-15H,5-7,10,17-18H2,1-2H3. The number of amides is 1. The third-order valence-corrected chi connectivity index (χ3v) is 4.73. The van der Waals surface area contributed by atoms with Gasteiger partial charge in [0.2, 0.25) is 5.91 Å². The van der Waals surface area contributed by atoms with Gasteiger partial charge in [-0.25, -0.2) is 5.84 Å². The highest BCUT2D eigenvalue weighted by atomic mass is 16.2. The Morgan fingerprint density at radius 3 is 2.60 bits per heavy atom. The maximum atomic E-state index is 12.6. The van der Waals surface area contributed by atoms with E-state index in [2.05, 4.69) is 13.8 Å². The molecule has 0 aromatic heterocycles. The Kier molecular flexibility index (Phi) is 5.00. The molecule has 0 aliphatic heterocycles. The third-order valence-electron chi connectivity index (χ3n) is 4.73. The first-order chi connectivity index (χ1) is 9.50. The maximum Gasteiger partial charge on any atom is 0.240 e. The van der Waals surface area contributed by atoms with E-state index >= 15 is 0 Å². The molecule has 112 valence electrons. The fourth-order valence-corrected chi connectivity index (χ4v) is 3.31. The van der Waals surface area contributed by atoms with E-state index in [0.717, 1.165) is 19.3 Å². The van der Waals surface area contributed by atoms with Crippen LogP contribution in [0.2, 0.25) is 0 Å². The normalized spacial score (nSPS) is 33.5. The Labute approximate surface area is 121 Å². The predicted octanol–water partition coefficient (Wildman–Crippen LogP) is 1.97. The van der Waals surface area contributed by atoms with E-state index in [0.29, 0.717) is 11.8 Å². The van der Waals surface area contributed by atoms with Crippen LogP contribution in [-0.2, 0) is 4.79 Å². The fourth-order valence-electron chi connectivity index (χ4n) is 3.31. The molecular formula is C16H27N3O. The molecule has 20 heavy (non-hydrogen) atoms. The van der Waals surface area contributed by atoms with E-state index < -0.39 is 0 Å². The lowest BCUT2D eigenvalue weighted by Crippen LogP contribution is -2.55. The van der Waals surface area contributed by atoms with Crippen molar-refractivity contribution in [3.05, 3.63) is 24.3 Å². The lowest BCUT2D eigenvalue weighted by Gasteiger charge is -2.36. The number of nitrogens with zero attached hydrogens (tertiary/aromatic N) is 1. The van der Waals surface area contributed by atoms with Gasteiger partial charge in [-0.3, -0.25) is 9.80 Å². The van der Waals surface area contributed by atoms with E-state index in [4.69, 9.17) is 11.6 Å². The minimum absolute atomic E-state index is 0.0516. The monoisotopic (exact) mass is 277 g/mol. The number of carbonyl (C=O) groups is 1. The summed E-state index contributed by atoms with van der Waals surface area (Å²) in [5.41, 5.74) is 6.01. The molecule has 4 nitrogen and oxygen atoms in total. The minimum atomic E-state index is -0.216. The number of hydrazine groups is 1. The van der Waals surface area contributed by atoms with Crippen LogP contribution in [0.3, 0.4) is 0 Å².